The van der Waals surface area contributed by atoms with E-state index in [1.807, 2.05) is 20.0 Å². The summed E-state index contributed by atoms with van der Waals surface area (Å²) in [5, 5.41) is 9.78. The summed E-state index contributed by atoms with van der Waals surface area (Å²) < 4.78 is 1.49. The van der Waals surface area contributed by atoms with Gasteiger partial charge in [-0.25, -0.2) is 19.3 Å². The molecule has 1 aliphatic rings. The van der Waals surface area contributed by atoms with Gasteiger partial charge in [0.15, 0.2) is 5.65 Å². The van der Waals surface area contributed by atoms with Crippen molar-refractivity contribution in [2.75, 3.05) is 25.0 Å². The maximum atomic E-state index is 11.6. The van der Waals surface area contributed by atoms with Crippen LogP contribution in [0.5, 0.6) is 0 Å². The number of hydrogen-bond donors (Lipinski definition) is 2. The van der Waals surface area contributed by atoms with Crippen LogP contribution in [0.2, 0.25) is 0 Å². The summed E-state index contributed by atoms with van der Waals surface area (Å²) in [6.07, 6.45) is 2.33. The largest absolute Gasteiger partial charge is 0.355 e. The minimum Gasteiger partial charge on any atom is -0.355 e. The number of nitrogens with one attached hydrogen (secondary N) is 2. The Morgan fingerprint density at radius 3 is 3.16 bits per heavy atom. The Morgan fingerprint density at radius 1 is 1.53 bits per heavy atom. The van der Waals surface area contributed by atoms with Crippen LogP contribution < -0.4 is 15.9 Å². The summed E-state index contributed by atoms with van der Waals surface area (Å²) in [6.45, 7) is 3.76. The first-order chi connectivity index (χ1) is 9.19. The zero-order chi connectivity index (χ0) is 13.4. The minimum atomic E-state index is -0.238. The van der Waals surface area contributed by atoms with E-state index in [1.54, 1.807) is 0 Å². The highest BCUT2D eigenvalue weighted by atomic mass is 16.1. The normalized spacial score (nSPS) is 20.1. The van der Waals surface area contributed by atoms with Crippen molar-refractivity contribution in [1.29, 1.82) is 0 Å². The molecule has 0 bridgehead atoms. The van der Waals surface area contributed by atoms with Gasteiger partial charge in [-0.1, -0.05) is 0 Å². The first-order valence-corrected chi connectivity index (χ1v) is 6.56. The van der Waals surface area contributed by atoms with Gasteiger partial charge >= 0.3 is 5.69 Å². The second kappa shape index (κ2) is 4.65. The Morgan fingerprint density at radius 2 is 2.37 bits per heavy atom. The van der Waals surface area contributed by atoms with Gasteiger partial charge in [-0.15, -0.1) is 0 Å². The Bertz CT molecular complexity index is 645. The summed E-state index contributed by atoms with van der Waals surface area (Å²) in [7, 11) is 1.99. The Kier molecular flexibility index (Phi) is 2.98. The molecule has 7 heteroatoms. The van der Waals surface area contributed by atoms with Gasteiger partial charge in [0.2, 0.25) is 0 Å². The molecule has 7 nitrogen and oxygen atoms in total. The molecule has 0 amide bonds. The molecular weight excluding hydrogens is 244 g/mol. The number of nitrogens with zero attached hydrogens (tertiary/aromatic N) is 4. The van der Waals surface area contributed by atoms with Crippen LogP contribution in [-0.4, -0.2) is 45.8 Å². The van der Waals surface area contributed by atoms with Gasteiger partial charge < -0.3 is 10.2 Å². The van der Waals surface area contributed by atoms with E-state index in [9.17, 15) is 4.79 Å². The Balaban J connectivity index is 1.98. The van der Waals surface area contributed by atoms with E-state index in [4.69, 9.17) is 0 Å². The number of aryl methyl sites for hydroxylation is 1. The van der Waals surface area contributed by atoms with E-state index in [0.717, 1.165) is 25.3 Å². The molecule has 2 N–H and O–H groups in total. The Labute approximate surface area is 110 Å². The van der Waals surface area contributed by atoms with Crippen LogP contribution in [0.3, 0.4) is 0 Å². The maximum Gasteiger partial charge on any atom is 0.349 e. The monoisotopic (exact) mass is 262 g/mol. The Hall–Kier alpha value is -1.89. The molecule has 1 saturated heterocycles. The topological polar surface area (TPSA) is 78.3 Å². The average Bonchev–Trinajstić information content (AvgIpc) is 2.81. The molecule has 1 unspecified atom stereocenters. The number of piperidine rings is 1. The fourth-order valence-electron chi connectivity index (χ4n) is 2.67. The van der Waals surface area contributed by atoms with Crippen LogP contribution in [0.25, 0.3) is 5.65 Å². The SMILES string of the molecule is CNC1CCCN(c2cc3n[nH]c(=O)n3c(C)n2)C1. The van der Waals surface area contributed by atoms with Crippen molar-refractivity contribution in [3.05, 3.63) is 22.4 Å². The zero-order valence-electron chi connectivity index (χ0n) is 11.2. The summed E-state index contributed by atoms with van der Waals surface area (Å²) in [4.78, 5) is 18.3. The molecule has 2 aromatic heterocycles. The van der Waals surface area contributed by atoms with Crippen LogP contribution in [0, 0.1) is 6.92 Å². The third-order valence-electron chi connectivity index (χ3n) is 3.71. The first-order valence-electron chi connectivity index (χ1n) is 6.56. The number of rotatable bonds is 2. The highest BCUT2D eigenvalue weighted by Crippen LogP contribution is 2.19. The number of aromatic nitrogens is 4. The lowest BCUT2D eigenvalue weighted by atomic mass is 10.1. The van der Waals surface area contributed by atoms with Crippen LogP contribution in [-0.2, 0) is 0 Å². The van der Waals surface area contributed by atoms with Gasteiger partial charge in [-0.2, -0.15) is 5.10 Å². The van der Waals surface area contributed by atoms with Crippen molar-refractivity contribution in [2.24, 2.45) is 0 Å². The molecule has 0 aliphatic carbocycles. The lowest BCUT2D eigenvalue weighted by Crippen LogP contribution is -2.44. The molecule has 0 saturated carbocycles. The quantitative estimate of drug-likeness (QED) is 0.791. The summed E-state index contributed by atoms with van der Waals surface area (Å²) >= 11 is 0. The minimum absolute atomic E-state index is 0.238. The molecule has 1 aliphatic heterocycles. The van der Waals surface area contributed by atoms with Gasteiger partial charge in [-0.05, 0) is 26.8 Å². The fraction of sp³-hybridized carbons (Fsp3) is 0.583. The summed E-state index contributed by atoms with van der Waals surface area (Å²) in [5.41, 5.74) is 0.386. The molecule has 19 heavy (non-hydrogen) atoms. The lowest BCUT2D eigenvalue weighted by molar-refractivity contribution is 0.447. The van der Waals surface area contributed by atoms with Gasteiger partial charge in [0, 0.05) is 25.2 Å². The standard InChI is InChI=1S/C12H18N6O/c1-8-14-10(6-11-15-16-12(19)18(8)11)17-5-3-4-9(7-17)13-2/h6,9,13H,3-5,7H2,1-2H3,(H,16,19). The third kappa shape index (κ3) is 2.10. The van der Waals surface area contributed by atoms with Crippen LogP contribution in [0.1, 0.15) is 18.7 Å². The van der Waals surface area contributed by atoms with E-state index >= 15 is 0 Å². The molecule has 1 fully saturated rings. The predicted molar refractivity (Wildman–Crippen MR) is 72.6 cm³/mol. The zero-order valence-corrected chi connectivity index (χ0v) is 11.2. The van der Waals surface area contributed by atoms with Crippen molar-refractivity contribution in [1.82, 2.24) is 24.9 Å². The summed E-state index contributed by atoms with van der Waals surface area (Å²) in [6, 6.07) is 2.36. The van der Waals surface area contributed by atoms with Crippen LogP contribution >= 0.6 is 0 Å². The molecule has 102 valence electrons. The molecular formula is C12H18N6O. The number of fused-ring (bicyclic) bond motifs is 1. The second-order valence-electron chi connectivity index (χ2n) is 4.96. The first kappa shape index (κ1) is 12.2. The number of aromatic amines is 1. The van der Waals surface area contributed by atoms with Gasteiger partial charge in [0.05, 0.1) is 0 Å². The predicted octanol–water partition coefficient (Wildman–Crippen LogP) is -0.0858. The molecule has 0 spiro atoms. The van der Waals surface area contributed by atoms with E-state index in [-0.39, 0.29) is 5.69 Å². The molecule has 0 aromatic carbocycles. The van der Waals surface area contributed by atoms with Crippen molar-refractivity contribution < 1.29 is 0 Å². The van der Waals surface area contributed by atoms with E-state index < -0.39 is 0 Å². The molecule has 3 heterocycles. The van der Waals surface area contributed by atoms with E-state index in [1.165, 1.54) is 10.8 Å². The number of H-pyrrole nitrogens is 1. The van der Waals surface area contributed by atoms with Crippen molar-refractivity contribution in [3.8, 4) is 0 Å². The summed E-state index contributed by atoms with van der Waals surface area (Å²) in [5.74, 6) is 1.56. The average molecular weight is 262 g/mol. The highest BCUT2D eigenvalue weighted by Gasteiger charge is 2.20. The van der Waals surface area contributed by atoms with Crippen molar-refractivity contribution >= 4 is 11.5 Å². The number of hydrogen-bond acceptors (Lipinski definition) is 5. The third-order valence-corrected chi connectivity index (χ3v) is 3.71. The van der Waals surface area contributed by atoms with E-state index in [0.29, 0.717) is 17.5 Å². The smallest absolute Gasteiger partial charge is 0.349 e. The van der Waals surface area contributed by atoms with Gasteiger partial charge in [-0.3, -0.25) is 0 Å². The van der Waals surface area contributed by atoms with Crippen molar-refractivity contribution in [3.63, 3.8) is 0 Å². The lowest BCUT2D eigenvalue weighted by Gasteiger charge is -2.33. The van der Waals surface area contributed by atoms with Crippen molar-refractivity contribution in [2.45, 2.75) is 25.8 Å². The molecule has 3 rings (SSSR count). The van der Waals surface area contributed by atoms with E-state index in [2.05, 4.69) is 25.4 Å². The van der Waals surface area contributed by atoms with Gasteiger partial charge in [0.1, 0.15) is 11.6 Å². The van der Waals surface area contributed by atoms with Gasteiger partial charge in [0.25, 0.3) is 0 Å². The molecule has 0 radical (unpaired) electrons. The fourth-order valence-corrected chi connectivity index (χ4v) is 2.67. The highest BCUT2D eigenvalue weighted by molar-refractivity contribution is 5.51. The second-order valence-corrected chi connectivity index (χ2v) is 4.96. The number of likely N-dealkylation sites (N-methyl/N-ethyl adjacent to an activating group) is 1. The van der Waals surface area contributed by atoms with Crippen LogP contribution in [0.4, 0.5) is 5.82 Å². The maximum absolute atomic E-state index is 11.6. The van der Waals surface area contributed by atoms with Crippen LogP contribution in [0.15, 0.2) is 10.9 Å². The molecule has 1 atom stereocenters. The number of anilines is 1. The molecule has 2 aromatic rings.